The number of amides is 1. The van der Waals surface area contributed by atoms with Gasteiger partial charge in [-0.25, -0.2) is 0 Å². The Hall–Kier alpha value is -2.29. The highest BCUT2D eigenvalue weighted by Gasteiger charge is 2.36. The van der Waals surface area contributed by atoms with Crippen LogP contribution in [0.5, 0.6) is 5.75 Å². The zero-order valence-corrected chi connectivity index (χ0v) is 12.6. The lowest BCUT2D eigenvalue weighted by Gasteiger charge is -2.31. The summed E-state index contributed by atoms with van der Waals surface area (Å²) in [6.45, 7) is 0.0542. The van der Waals surface area contributed by atoms with Crippen LogP contribution in [0.1, 0.15) is 31.2 Å². The zero-order chi connectivity index (χ0) is 15.3. The molecular weight excluding hydrogens is 274 g/mol. The number of hydrogen-bond acceptors (Lipinski definition) is 2. The minimum absolute atomic E-state index is 0.0542. The fraction of sp³-hybridized carbons (Fsp3) is 0.316. The molecule has 1 amide bonds. The maximum atomic E-state index is 12.3. The predicted molar refractivity (Wildman–Crippen MR) is 86.7 cm³/mol. The molecule has 0 bridgehead atoms. The van der Waals surface area contributed by atoms with Crippen LogP contribution in [-0.4, -0.2) is 12.5 Å². The zero-order valence-electron chi connectivity index (χ0n) is 12.6. The Labute approximate surface area is 131 Å². The van der Waals surface area contributed by atoms with Crippen LogP contribution in [0.25, 0.3) is 0 Å². The van der Waals surface area contributed by atoms with Gasteiger partial charge in [0.2, 0.25) is 0 Å². The van der Waals surface area contributed by atoms with Crippen molar-refractivity contribution in [3.05, 3.63) is 66.2 Å². The molecular formula is C19H21NO2. The summed E-state index contributed by atoms with van der Waals surface area (Å²) in [5, 5.41) is 3.21. The topological polar surface area (TPSA) is 38.3 Å². The van der Waals surface area contributed by atoms with Crippen LogP contribution in [0.2, 0.25) is 0 Å². The first-order valence-electron chi connectivity index (χ1n) is 7.83. The van der Waals surface area contributed by atoms with Gasteiger partial charge in [0.1, 0.15) is 5.75 Å². The van der Waals surface area contributed by atoms with Gasteiger partial charge < -0.3 is 10.1 Å². The second-order valence-corrected chi connectivity index (χ2v) is 5.81. The van der Waals surface area contributed by atoms with Crippen molar-refractivity contribution in [2.45, 2.75) is 31.2 Å². The van der Waals surface area contributed by atoms with E-state index in [4.69, 9.17) is 4.74 Å². The van der Waals surface area contributed by atoms with E-state index in [1.807, 2.05) is 48.5 Å². The molecule has 3 rings (SSSR count). The summed E-state index contributed by atoms with van der Waals surface area (Å²) in [5.41, 5.74) is 0.971. The van der Waals surface area contributed by atoms with Gasteiger partial charge in [0, 0.05) is 0 Å². The Morgan fingerprint density at radius 3 is 2.18 bits per heavy atom. The second-order valence-electron chi connectivity index (χ2n) is 5.81. The van der Waals surface area contributed by atoms with E-state index in [1.165, 1.54) is 5.56 Å². The van der Waals surface area contributed by atoms with Gasteiger partial charge in [-0.05, 0) is 30.5 Å². The van der Waals surface area contributed by atoms with Crippen molar-refractivity contribution < 1.29 is 9.53 Å². The van der Waals surface area contributed by atoms with Crippen molar-refractivity contribution >= 4 is 5.91 Å². The Bertz CT molecular complexity index is 604. The van der Waals surface area contributed by atoms with Gasteiger partial charge in [0.15, 0.2) is 6.61 Å². The number of carbonyl (C=O) groups excluding carboxylic acids is 1. The predicted octanol–water partition coefficient (Wildman–Crippen LogP) is 3.65. The highest BCUT2D eigenvalue weighted by Crippen LogP contribution is 2.38. The van der Waals surface area contributed by atoms with Gasteiger partial charge in [0.25, 0.3) is 5.91 Å². The summed E-state index contributed by atoms with van der Waals surface area (Å²) in [7, 11) is 0. The second kappa shape index (κ2) is 6.65. The molecule has 0 radical (unpaired) electrons. The molecule has 0 aromatic heterocycles. The van der Waals surface area contributed by atoms with Crippen molar-refractivity contribution in [2.75, 3.05) is 6.61 Å². The fourth-order valence-electron chi connectivity index (χ4n) is 3.19. The van der Waals surface area contributed by atoms with Gasteiger partial charge in [-0.3, -0.25) is 4.79 Å². The lowest BCUT2D eigenvalue weighted by atomic mass is 9.88. The number of carbonyl (C=O) groups is 1. The highest BCUT2D eigenvalue weighted by molar-refractivity contribution is 5.78. The third-order valence-electron chi connectivity index (χ3n) is 4.28. The largest absolute Gasteiger partial charge is 0.484 e. The molecule has 114 valence electrons. The van der Waals surface area contributed by atoms with Crippen LogP contribution >= 0.6 is 0 Å². The maximum absolute atomic E-state index is 12.3. The van der Waals surface area contributed by atoms with Crippen LogP contribution in [0.4, 0.5) is 0 Å². The number of para-hydroxylation sites is 1. The Balaban J connectivity index is 1.65. The van der Waals surface area contributed by atoms with Gasteiger partial charge in [0.05, 0.1) is 5.54 Å². The quantitative estimate of drug-likeness (QED) is 0.914. The molecule has 0 unspecified atom stereocenters. The number of hydrogen-bond donors (Lipinski definition) is 1. The molecule has 0 heterocycles. The number of benzene rings is 2. The molecule has 1 saturated carbocycles. The van der Waals surface area contributed by atoms with Gasteiger partial charge in [-0.1, -0.05) is 61.4 Å². The maximum Gasteiger partial charge on any atom is 0.258 e. The lowest BCUT2D eigenvalue weighted by molar-refractivity contribution is -0.125. The smallest absolute Gasteiger partial charge is 0.258 e. The molecule has 0 atom stereocenters. The first-order valence-corrected chi connectivity index (χ1v) is 7.83. The third-order valence-corrected chi connectivity index (χ3v) is 4.28. The van der Waals surface area contributed by atoms with Crippen molar-refractivity contribution in [3.63, 3.8) is 0 Å². The normalized spacial score (nSPS) is 16.2. The van der Waals surface area contributed by atoms with Crippen molar-refractivity contribution in [1.82, 2.24) is 5.32 Å². The van der Waals surface area contributed by atoms with E-state index < -0.39 is 0 Å². The molecule has 0 aliphatic heterocycles. The van der Waals surface area contributed by atoms with Crippen molar-refractivity contribution in [3.8, 4) is 5.75 Å². The molecule has 1 N–H and O–H groups in total. The first kappa shape index (κ1) is 14.6. The molecule has 1 aliphatic rings. The Kier molecular flexibility index (Phi) is 4.42. The average molecular weight is 295 g/mol. The Morgan fingerprint density at radius 1 is 0.955 bits per heavy atom. The Morgan fingerprint density at radius 2 is 1.55 bits per heavy atom. The van der Waals surface area contributed by atoms with Gasteiger partial charge >= 0.3 is 0 Å². The van der Waals surface area contributed by atoms with E-state index in [9.17, 15) is 4.79 Å². The molecule has 0 spiro atoms. The van der Waals surface area contributed by atoms with Crippen LogP contribution < -0.4 is 10.1 Å². The highest BCUT2D eigenvalue weighted by atomic mass is 16.5. The minimum atomic E-state index is -0.224. The summed E-state index contributed by atoms with van der Waals surface area (Å²) < 4.78 is 5.55. The summed E-state index contributed by atoms with van der Waals surface area (Å²) in [6, 6.07) is 19.7. The van der Waals surface area contributed by atoms with E-state index in [2.05, 4.69) is 17.4 Å². The fourth-order valence-corrected chi connectivity index (χ4v) is 3.19. The van der Waals surface area contributed by atoms with Gasteiger partial charge in [-0.2, -0.15) is 0 Å². The molecule has 3 nitrogen and oxygen atoms in total. The first-order chi connectivity index (χ1) is 10.8. The molecule has 3 heteroatoms. The molecule has 22 heavy (non-hydrogen) atoms. The van der Waals surface area contributed by atoms with E-state index >= 15 is 0 Å². The summed E-state index contributed by atoms with van der Waals surface area (Å²) >= 11 is 0. The molecule has 1 fully saturated rings. The van der Waals surface area contributed by atoms with Crippen LogP contribution in [0, 0.1) is 0 Å². The monoisotopic (exact) mass is 295 g/mol. The number of ether oxygens (including phenoxy) is 1. The number of nitrogens with one attached hydrogen (secondary N) is 1. The third kappa shape index (κ3) is 3.30. The summed E-state index contributed by atoms with van der Waals surface area (Å²) in [6.07, 6.45) is 4.28. The standard InChI is InChI=1S/C19H21NO2/c21-18(15-22-17-11-5-2-6-12-17)20-19(13-7-8-14-19)16-9-3-1-4-10-16/h1-6,9-12H,7-8,13-15H2,(H,20,21). The molecule has 0 saturated heterocycles. The molecule has 1 aliphatic carbocycles. The minimum Gasteiger partial charge on any atom is -0.484 e. The molecule has 2 aromatic carbocycles. The van der Waals surface area contributed by atoms with E-state index in [-0.39, 0.29) is 18.1 Å². The lowest BCUT2D eigenvalue weighted by Crippen LogP contribution is -2.45. The van der Waals surface area contributed by atoms with E-state index in [0.717, 1.165) is 31.4 Å². The van der Waals surface area contributed by atoms with Gasteiger partial charge in [-0.15, -0.1) is 0 Å². The van der Waals surface area contributed by atoms with E-state index in [0.29, 0.717) is 0 Å². The van der Waals surface area contributed by atoms with Crippen LogP contribution in [0.3, 0.4) is 0 Å². The van der Waals surface area contributed by atoms with Crippen molar-refractivity contribution in [2.24, 2.45) is 0 Å². The van der Waals surface area contributed by atoms with Crippen LogP contribution in [-0.2, 0) is 10.3 Å². The number of rotatable bonds is 5. The molecule has 2 aromatic rings. The van der Waals surface area contributed by atoms with Crippen molar-refractivity contribution in [1.29, 1.82) is 0 Å². The SMILES string of the molecule is O=C(COc1ccccc1)NC1(c2ccccc2)CCCC1. The van der Waals surface area contributed by atoms with Crippen LogP contribution in [0.15, 0.2) is 60.7 Å². The summed E-state index contributed by atoms with van der Waals surface area (Å²) in [4.78, 5) is 12.3. The average Bonchev–Trinajstić information content (AvgIpc) is 3.04. The van der Waals surface area contributed by atoms with E-state index in [1.54, 1.807) is 0 Å². The summed E-state index contributed by atoms with van der Waals surface area (Å²) in [5.74, 6) is 0.660.